The number of nitro benzene ring substituents is 1. The van der Waals surface area contributed by atoms with E-state index in [1.807, 2.05) is 0 Å². The van der Waals surface area contributed by atoms with Crippen molar-refractivity contribution in [3.05, 3.63) is 56.6 Å². The molecule has 0 aliphatic heterocycles. The van der Waals surface area contributed by atoms with E-state index in [4.69, 9.17) is 39.5 Å². The molecule has 0 spiro atoms. The van der Waals surface area contributed by atoms with Crippen LogP contribution in [0.2, 0.25) is 10.0 Å². The SMILES string of the molecule is COc1ccc([N+](=O)[O-])cc1N(C(C)C(=O)Cl)S(=O)(=O)c1cc(Cl)ccc1Cl. The third-order valence-corrected chi connectivity index (χ3v) is 6.64. The van der Waals surface area contributed by atoms with Gasteiger partial charge in [0, 0.05) is 17.2 Å². The van der Waals surface area contributed by atoms with Gasteiger partial charge in [0.05, 0.1) is 17.1 Å². The second-order valence-electron chi connectivity index (χ2n) is 5.47. The second-order valence-corrected chi connectivity index (χ2v) is 8.47. The van der Waals surface area contributed by atoms with E-state index < -0.39 is 36.8 Å². The molecule has 0 aliphatic carbocycles. The molecule has 0 amide bonds. The Bertz CT molecular complexity index is 1040. The van der Waals surface area contributed by atoms with E-state index in [1.165, 1.54) is 32.2 Å². The quantitative estimate of drug-likeness (QED) is 0.342. The van der Waals surface area contributed by atoms with Gasteiger partial charge in [-0.25, -0.2) is 8.42 Å². The predicted molar refractivity (Wildman–Crippen MR) is 106 cm³/mol. The van der Waals surface area contributed by atoms with Gasteiger partial charge >= 0.3 is 0 Å². The average Bonchev–Trinajstić information content (AvgIpc) is 2.63. The van der Waals surface area contributed by atoms with Gasteiger partial charge in [-0.2, -0.15) is 0 Å². The number of hydrogen-bond acceptors (Lipinski definition) is 6. The summed E-state index contributed by atoms with van der Waals surface area (Å²) >= 11 is 17.5. The molecule has 0 saturated heterocycles. The lowest BCUT2D eigenvalue weighted by Gasteiger charge is -2.29. The Morgan fingerprint density at radius 2 is 1.86 bits per heavy atom. The highest BCUT2D eigenvalue weighted by Gasteiger charge is 2.36. The number of halogens is 3. The molecule has 1 unspecified atom stereocenters. The number of non-ortho nitro benzene ring substituents is 1. The molecule has 12 heteroatoms. The molecule has 28 heavy (non-hydrogen) atoms. The number of anilines is 1. The first kappa shape index (κ1) is 22.2. The Hall–Kier alpha value is -2.07. The molecule has 1 atom stereocenters. The lowest BCUT2D eigenvalue weighted by atomic mass is 10.2. The lowest BCUT2D eigenvalue weighted by molar-refractivity contribution is -0.384. The normalized spacial score (nSPS) is 12.3. The number of benzene rings is 2. The summed E-state index contributed by atoms with van der Waals surface area (Å²) in [6, 6.07) is 5.63. The Kier molecular flexibility index (Phi) is 6.76. The highest BCUT2D eigenvalue weighted by Crippen LogP contribution is 2.39. The largest absolute Gasteiger partial charge is 0.495 e. The fraction of sp³-hybridized carbons (Fsp3) is 0.188. The standard InChI is InChI=1S/C16H13Cl3N2O6S/c1-9(16(19)22)20(13-8-11(21(23)24)4-6-14(13)27-2)28(25,26)15-7-10(17)3-5-12(15)18/h3-9H,1-2H3. The minimum Gasteiger partial charge on any atom is -0.495 e. The molecular weight excluding hydrogens is 455 g/mol. The fourth-order valence-corrected chi connectivity index (χ4v) is 4.90. The van der Waals surface area contributed by atoms with Crippen LogP contribution in [0.25, 0.3) is 0 Å². The molecule has 0 N–H and O–H groups in total. The molecule has 0 saturated carbocycles. The number of hydrogen-bond donors (Lipinski definition) is 0. The molecule has 0 bridgehead atoms. The highest BCUT2D eigenvalue weighted by atomic mass is 35.5. The van der Waals surface area contributed by atoms with Crippen molar-refractivity contribution in [2.45, 2.75) is 17.9 Å². The number of nitrogens with zero attached hydrogens (tertiary/aromatic N) is 2. The van der Waals surface area contributed by atoms with Crippen LogP contribution in [0, 0.1) is 10.1 Å². The second kappa shape index (κ2) is 8.52. The van der Waals surface area contributed by atoms with Crippen LogP contribution >= 0.6 is 34.8 Å². The number of ether oxygens (including phenoxy) is 1. The van der Waals surface area contributed by atoms with Crippen LogP contribution in [0.1, 0.15) is 6.92 Å². The van der Waals surface area contributed by atoms with E-state index in [2.05, 4.69) is 0 Å². The Labute approximate surface area is 175 Å². The third kappa shape index (κ3) is 4.33. The predicted octanol–water partition coefficient (Wildman–Crippen LogP) is 4.26. The summed E-state index contributed by atoms with van der Waals surface area (Å²) in [6.45, 7) is 1.23. The molecule has 0 radical (unpaired) electrons. The van der Waals surface area contributed by atoms with Gasteiger partial charge in [0.1, 0.15) is 22.4 Å². The molecule has 150 valence electrons. The Balaban J connectivity index is 2.84. The van der Waals surface area contributed by atoms with Crippen LogP contribution in [0.3, 0.4) is 0 Å². The van der Waals surface area contributed by atoms with Crippen molar-refractivity contribution in [1.82, 2.24) is 0 Å². The zero-order valence-electron chi connectivity index (χ0n) is 14.4. The number of carbonyl (C=O) groups excluding carboxylic acids is 1. The summed E-state index contributed by atoms with van der Waals surface area (Å²) in [5.41, 5.74) is -0.670. The minimum atomic E-state index is -4.52. The zero-order chi connectivity index (χ0) is 21.2. The van der Waals surface area contributed by atoms with Gasteiger partial charge in [-0.05, 0) is 42.8 Å². The maximum atomic E-state index is 13.3. The van der Waals surface area contributed by atoms with Crippen molar-refractivity contribution in [3.63, 3.8) is 0 Å². The van der Waals surface area contributed by atoms with Gasteiger partial charge in [-0.1, -0.05) is 23.2 Å². The van der Waals surface area contributed by atoms with Crippen molar-refractivity contribution in [2.75, 3.05) is 11.4 Å². The molecule has 2 rings (SSSR count). The van der Waals surface area contributed by atoms with E-state index in [0.29, 0.717) is 4.31 Å². The highest BCUT2D eigenvalue weighted by molar-refractivity contribution is 7.93. The van der Waals surface area contributed by atoms with E-state index in [0.717, 1.165) is 18.2 Å². The van der Waals surface area contributed by atoms with Crippen LogP contribution in [-0.4, -0.2) is 31.7 Å². The van der Waals surface area contributed by atoms with Crippen LogP contribution in [0.15, 0.2) is 41.3 Å². The van der Waals surface area contributed by atoms with E-state index in [1.54, 1.807) is 0 Å². The third-order valence-electron chi connectivity index (χ3n) is 3.72. The van der Waals surface area contributed by atoms with Gasteiger partial charge in [0.15, 0.2) is 0 Å². The molecule has 0 aliphatic rings. The maximum absolute atomic E-state index is 13.3. The van der Waals surface area contributed by atoms with E-state index >= 15 is 0 Å². The first-order chi connectivity index (χ1) is 13.0. The molecular formula is C16H13Cl3N2O6S. The number of carbonyl (C=O) groups is 1. The summed E-state index contributed by atoms with van der Waals surface area (Å²) in [5, 5.41) is 10.1. The summed E-state index contributed by atoms with van der Waals surface area (Å²) < 4.78 is 32.4. The molecule has 2 aromatic carbocycles. The van der Waals surface area contributed by atoms with Gasteiger partial charge in [0.2, 0.25) is 5.24 Å². The van der Waals surface area contributed by atoms with Crippen molar-refractivity contribution in [2.24, 2.45) is 0 Å². The minimum absolute atomic E-state index is 0.0305. The zero-order valence-corrected chi connectivity index (χ0v) is 17.5. The number of nitro groups is 1. The summed E-state index contributed by atoms with van der Waals surface area (Å²) in [6.07, 6.45) is 0. The number of rotatable bonds is 7. The molecule has 0 fully saturated rings. The Morgan fingerprint density at radius 3 is 2.39 bits per heavy atom. The van der Waals surface area contributed by atoms with Crippen LogP contribution in [0.4, 0.5) is 11.4 Å². The van der Waals surface area contributed by atoms with Gasteiger partial charge < -0.3 is 4.74 Å². The Morgan fingerprint density at radius 1 is 1.21 bits per heavy atom. The first-order valence-electron chi connectivity index (χ1n) is 7.52. The molecule has 2 aromatic rings. The van der Waals surface area contributed by atoms with Gasteiger partial charge in [-0.15, -0.1) is 0 Å². The van der Waals surface area contributed by atoms with E-state index in [9.17, 15) is 23.3 Å². The molecule has 0 heterocycles. The average molecular weight is 468 g/mol. The lowest BCUT2D eigenvalue weighted by Crippen LogP contribution is -2.42. The fourth-order valence-electron chi connectivity index (χ4n) is 2.38. The summed E-state index contributed by atoms with van der Waals surface area (Å²) in [5.74, 6) is -0.0305. The number of sulfonamides is 1. The smallest absolute Gasteiger partial charge is 0.271 e. The number of methoxy groups -OCH3 is 1. The first-order valence-corrected chi connectivity index (χ1v) is 10.1. The molecule has 0 aromatic heterocycles. The van der Waals surface area contributed by atoms with Gasteiger partial charge in [-0.3, -0.25) is 19.2 Å². The van der Waals surface area contributed by atoms with Crippen molar-refractivity contribution in [3.8, 4) is 5.75 Å². The van der Waals surface area contributed by atoms with Crippen molar-refractivity contribution in [1.29, 1.82) is 0 Å². The van der Waals surface area contributed by atoms with E-state index in [-0.39, 0.29) is 21.5 Å². The van der Waals surface area contributed by atoms with Crippen molar-refractivity contribution >= 4 is 61.4 Å². The van der Waals surface area contributed by atoms with Crippen molar-refractivity contribution < 1.29 is 22.9 Å². The van der Waals surface area contributed by atoms with Crippen LogP contribution in [-0.2, 0) is 14.8 Å². The maximum Gasteiger partial charge on any atom is 0.271 e. The van der Waals surface area contributed by atoms with Gasteiger partial charge in [0.25, 0.3) is 15.7 Å². The summed E-state index contributed by atoms with van der Waals surface area (Å²) in [4.78, 5) is 21.9. The molecule has 8 nitrogen and oxygen atoms in total. The van der Waals surface area contributed by atoms with Crippen LogP contribution < -0.4 is 9.04 Å². The summed E-state index contributed by atoms with van der Waals surface area (Å²) in [7, 11) is -3.27. The topological polar surface area (TPSA) is 107 Å². The van der Waals surface area contributed by atoms with Crippen LogP contribution in [0.5, 0.6) is 5.75 Å². The monoisotopic (exact) mass is 466 g/mol.